The molecule has 1 aromatic rings. The number of aldehydes is 1. The van der Waals surface area contributed by atoms with Gasteiger partial charge in [-0.25, -0.2) is 4.79 Å². The van der Waals surface area contributed by atoms with Crippen molar-refractivity contribution in [3.63, 3.8) is 0 Å². The second kappa shape index (κ2) is 15.4. The standard InChI is InChI=1S/C11H19NO3.C11H15NO2.C2H6/c1-11(2,3)15-10(14)12-7-5-4-6-9(12)8-13;1-9(12-2)11(13)14-8-10-6-4-3-5-7-10;1-2/h8-9H,4-7H2,1-3H3;3-7,9,12H,8H2,1-2H3;1-2H3. The van der Waals surface area contributed by atoms with Crippen LogP contribution >= 0.6 is 0 Å². The molecule has 2 atom stereocenters. The van der Waals surface area contributed by atoms with Crippen molar-refractivity contribution in [2.24, 2.45) is 0 Å². The van der Waals surface area contributed by atoms with Gasteiger partial charge in [-0.1, -0.05) is 44.2 Å². The normalized spacial score (nSPS) is 16.5. The van der Waals surface area contributed by atoms with Gasteiger partial charge in [0.05, 0.1) is 6.04 Å². The maximum atomic E-state index is 11.7. The van der Waals surface area contributed by atoms with Crippen molar-refractivity contribution < 1.29 is 23.9 Å². The van der Waals surface area contributed by atoms with Gasteiger partial charge in [-0.2, -0.15) is 0 Å². The van der Waals surface area contributed by atoms with E-state index in [9.17, 15) is 14.4 Å². The summed E-state index contributed by atoms with van der Waals surface area (Å²) in [5.41, 5.74) is 0.506. The molecule has 31 heavy (non-hydrogen) atoms. The number of hydrogen-bond donors (Lipinski definition) is 1. The van der Waals surface area contributed by atoms with Gasteiger partial charge >= 0.3 is 12.1 Å². The van der Waals surface area contributed by atoms with E-state index in [1.165, 1.54) is 4.90 Å². The fraction of sp³-hybridized carbons (Fsp3) is 0.625. The Bertz CT molecular complexity index is 643. The molecule has 1 aliphatic heterocycles. The lowest BCUT2D eigenvalue weighted by Gasteiger charge is -2.33. The summed E-state index contributed by atoms with van der Waals surface area (Å²) in [6.45, 7) is 12.2. The van der Waals surface area contributed by atoms with E-state index in [-0.39, 0.29) is 24.1 Å². The maximum absolute atomic E-state index is 11.7. The summed E-state index contributed by atoms with van der Waals surface area (Å²) < 4.78 is 10.3. The molecule has 0 aromatic heterocycles. The molecule has 2 unspecified atom stereocenters. The summed E-state index contributed by atoms with van der Waals surface area (Å²) in [5.74, 6) is -0.226. The number of likely N-dealkylation sites (tertiary alicyclic amines) is 1. The highest BCUT2D eigenvalue weighted by molar-refractivity contribution is 5.75. The number of amides is 1. The van der Waals surface area contributed by atoms with E-state index in [4.69, 9.17) is 9.47 Å². The number of nitrogens with one attached hydrogen (secondary N) is 1. The second-order valence-electron chi connectivity index (χ2n) is 7.98. The van der Waals surface area contributed by atoms with Crippen molar-refractivity contribution >= 4 is 18.3 Å². The molecule has 1 aliphatic rings. The molecule has 1 amide bonds. The molecule has 0 aliphatic carbocycles. The molecular weight excluding hydrogens is 396 g/mol. The Morgan fingerprint density at radius 1 is 1.19 bits per heavy atom. The van der Waals surface area contributed by atoms with Crippen molar-refractivity contribution in [2.75, 3.05) is 13.6 Å². The fourth-order valence-electron chi connectivity index (χ4n) is 2.62. The fourth-order valence-corrected chi connectivity index (χ4v) is 2.62. The molecule has 1 heterocycles. The highest BCUT2D eigenvalue weighted by Gasteiger charge is 2.29. The average molecular weight is 437 g/mol. The predicted octanol–water partition coefficient (Wildman–Crippen LogP) is 4.34. The average Bonchev–Trinajstić information content (AvgIpc) is 2.78. The zero-order valence-corrected chi connectivity index (χ0v) is 20.1. The maximum Gasteiger partial charge on any atom is 0.410 e. The van der Waals surface area contributed by atoms with Crippen LogP contribution in [0.5, 0.6) is 0 Å². The Morgan fingerprint density at radius 2 is 1.81 bits per heavy atom. The van der Waals surface area contributed by atoms with Crippen LogP contribution in [0.3, 0.4) is 0 Å². The van der Waals surface area contributed by atoms with E-state index in [1.807, 2.05) is 65.0 Å². The van der Waals surface area contributed by atoms with Gasteiger partial charge < -0.3 is 19.6 Å². The lowest BCUT2D eigenvalue weighted by molar-refractivity contribution is -0.146. The van der Waals surface area contributed by atoms with Gasteiger partial charge in [-0.05, 0) is 59.6 Å². The Labute approximate surface area is 187 Å². The summed E-state index contributed by atoms with van der Waals surface area (Å²) >= 11 is 0. The molecule has 2 rings (SSSR count). The van der Waals surface area contributed by atoms with Crippen LogP contribution in [0.4, 0.5) is 4.79 Å². The third kappa shape index (κ3) is 12.1. The zero-order valence-electron chi connectivity index (χ0n) is 20.1. The first-order valence-electron chi connectivity index (χ1n) is 11.0. The molecule has 0 spiro atoms. The van der Waals surface area contributed by atoms with Crippen molar-refractivity contribution in [3.8, 4) is 0 Å². The van der Waals surface area contributed by atoms with Crippen LogP contribution in [-0.2, 0) is 25.7 Å². The topological polar surface area (TPSA) is 84.9 Å². The molecule has 1 aromatic carbocycles. The van der Waals surface area contributed by atoms with Gasteiger partial charge in [-0.3, -0.25) is 9.69 Å². The number of carbonyl (C=O) groups excluding carboxylic acids is 3. The van der Waals surface area contributed by atoms with E-state index >= 15 is 0 Å². The summed E-state index contributed by atoms with van der Waals surface area (Å²) in [5, 5.41) is 2.83. The largest absolute Gasteiger partial charge is 0.460 e. The number of carbonyl (C=O) groups is 3. The van der Waals surface area contributed by atoms with Crippen LogP contribution in [0.1, 0.15) is 66.4 Å². The number of piperidine rings is 1. The summed E-state index contributed by atoms with van der Waals surface area (Å²) in [6, 6.07) is 9.08. The Kier molecular flexibility index (Phi) is 14.2. The van der Waals surface area contributed by atoms with Crippen LogP contribution in [0.2, 0.25) is 0 Å². The Morgan fingerprint density at radius 3 is 2.32 bits per heavy atom. The monoisotopic (exact) mass is 436 g/mol. The minimum Gasteiger partial charge on any atom is -0.460 e. The van der Waals surface area contributed by atoms with Crippen LogP contribution in [-0.4, -0.2) is 54.5 Å². The highest BCUT2D eigenvalue weighted by atomic mass is 16.6. The molecule has 0 saturated carbocycles. The molecule has 0 radical (unpaired) electrons. The number of benzene rings is 1. The van der Waals surface area contributed by atoms with Crippen molar-refractivity contribution in [2.45, 2.75) is 85.1 Å². The number of likely N-dealkylation sites (N-methyl/N-ethyl adjacent to an activating group) is 1. The number of hydrogen-bond acceptors (Lipinski definition) is 6. The van der Waals surface area contributed by atoms with Gasteiger partial charge in [0.1, 0.15) is 24.5 Å². The smallest absolute Gasteiger partial charge is 0.410 e. The molecule has 0 bridgehead atoms. The summed E-state index contributed by atoms with van der Waals surface area (Å²) in [6.07, 6.45) is 3.16. The van der Waals surface area contributed by atoms with E-state index in [2.05, 4.69) is 5.32 Å². The van der Waals surface area contributed by atoms with Gasteiger partial charge in [0.25, 0.3) is 0 Å². The van der Waals surface area contributed by atoms with Crippen LogP contribution in [0.15, 0.2) is 30.3 Å². The van der Waals surface area contributed by atoms with Crippen molar-refractivity contribution in [1.29, 1.82) is 0 Å². The zero-order chi connectivity index (χ0) is 23.9. The lowest BCUT2D eigenvalue weighted by atomic mass is 10.0. The molecule has 1 N–H and O–H groups in total. The van der Waals surface area contributed by atoms with E-state index in [0.717, 1.165) is 31.1 Å². The minimum absolute atomic E-state index is 0.226. The van der Waals surface area contributed by atoms with Gasteiger partial charge in [0.15, 0.2) is 0 Å². The van der Waals surface area contributed by atoms with Crippen molar-refractivity contribution in [3.05, 3.63) is 35.9 Å². The van der Waals surface area contributed by atoms with E-state index in [1.54, 1.807) is 14.0 Å². The molecule has 1 saturated heterocycles. The number of esters is 1. The number of nitrogens with zero attached hydrogens (tertiary/aromatic N) is 1. The summed E-state index contributed by atoms with van der Waals surface area (Å²) in [7, 11) is 1.73. The first kappa shape index (κ1) is 28.6. The Balaban J connectivity index is 0.000000539. The lowest BCUT2D eigenvalue weighted by Crippen LogP contribution is -2.46. The number of ether oxygens (including phenoxy) is 2. The minimum atomic E-state index is -0.498. The molecular formula is C24H40N2O5. The van der Waals surface area contributed by atoms with Crippen molar-refractivity contribution in [1.82, 2.24) is 10.2 Å². The Hall–Kier alpha value is -2.41. The van der Waals surface area contributed by atoms with Gasteiger partial charge in [0.2, 0.25) is 0 Å². The molecule has 7 nitrogen and oxygen atoms in total. The third-order valence-corrected chi connectivity index (χ3v) is 4.34. The SMILES string of the molecule is CC.CC(C)(C)OC(=O)N1CCCCC1C=O.CNC(C)C(=O)OCc1ccccc1. The van der Waals surface area contributed by atoms with E-state index in [0.29, 0.717) is 13.2 Å². The first-order valence-corrected chi connectivity index (χ1v) is 11.0. The van der Waals surface area contributed by atoms with Gasteiger partial charge in [0, 0.05) is 6.54 Å². The second-order valence-corrected chi connectivity index (χ2v) is 7.98. The quantitative estimate of drug-likeness (QED) is 0.546. The molecule has 7 heteroatoms. The highest BCUT2D eigenvalue weighted by Crippen LogP contribution is 2.19. The van der Waals surface area contributed by atoms with Gasteiger partial charge in [-0.15, -0.1) is 0 Å². The van der Waals surface area contributed by atoms with Crippen LogP contribution < -0.4 is 5.32 Å². The first-order chi connectivity index (χ1) is 14.7. The summed E-state index contributed by atoms with van der Waals surface area (Å²) in [4.78, 5) is 35.3. The number of rotatable bonds is 5. The van der Waals surface area contributed by atoms with E-state index < -0.39 is 5.60 Å². The predicted molar refractivity (Wildman–Crippen MR) is 123 cm³/mol. The molecule has 1 fully saturated rings. The van der Waals surface area contributed by atoms with Crippen LogP contribution in [0, 0.1) is 0 Å². The van der Waals surface area contributed by atoms with Crippen LogP contribution in [0.25, 0.3) is 0 Å². The molecule has 176 valence electrons. The third-order valence-electron chi connectivity index (χ3n) is 4.34.